The molecule has 0 aliphatic rings. The van der Waals surface area contributed by atoms with E-state index in [1.807, 2.05) is 18.2 Å². The fourth-order valence-corrected chi connectivity index (χ4v) is 1.29. The van der Waals surface area contributed by atoms with Gasteiger partial charge in [0, 0.05) is 6.61 Å². The van der Waals surface area contributed by atoms with Crippen molar-refractivity contribution in [2.45, 2.75) is 19.3 Å². The molecule has 0 spiro atoms. The number of hydrogen-bond donors (Lipinski definition) is 2. The lowest BCUT2D eigenvalue weighted by atomic mass is 9.98. The van der Waals surface area contributed by atoms with Gasteiger partial charge < -0.3 is 10.2 Å². The van der Waals surface area contributed by atoms with Crippen LogP contribution >= 0.6 is 0 Å². The van der Waals surface area contributed by atoms with Crippen LogP contribution in [-0.4, -0.2) is 22.8 Å². The predicted molar refractivity (Wildman–Crippen MR) is 53.3 cm³/mol. The van der Waals surface area contributed by atoms with Gasteiger partial charge in [-0.05, 0) is 24.5 Å². The number of carboxylic acid groups (broad SMARTS) is 1. The second-order valence-corrected chi connectivity index (χ2v) is 3.28. The average molecular weight is 194 g/mol. The molecule has 0 fully saturated rings. The zero-order valence-corrected chi connectivity index (χ0v) is 8.10. The molecule has 2 N–H and O–H groups in total. The Bertz CT molecular complexity index is 320. The normalized spacial score (nSPS) is 12.4. The summed E-state index contributed by atoms with van der Waals surface area (Å²) in [6.45, 7) is 1.74. The highest BCUT2D eigenvalue weighted by molar-refractivity contribution is 5.75. The van der Waals surface area contributed by atoms with Crippen molar-refractivity contribution in [1.82, 2.24) is 0 Å². The number of carbonyl (C=O) groups is 1. The quantitative estimate of drug-likeness (QED) is 0.761. The number of aliphatic carboxylic acids is 1. The second-order valence-electron chi connectivity index (χ2n) is 3.28. The topological polar surface area (TPSA) is 57.5 Å². The third kappa shape index (κ3) is 2.57. The zero-order valence-electron chi connectivity index (χ0n) is 8.10. The maximum atomic E-state index is 10.7. The van der Waals surface area contributed by atoms with Crippen molar-refractivity contribution in [1.29, 1.82) is 0 Å². The molecule has 3 heteroatoms. The summed E-state index contributed by atoms with van der Waals surface area (Å²) < 4.78 is 0. The lowest BCUT2D eigenvalue weighted by molar-refractivity contribution is -0.138. The first kappa shape index (κ1) is 10.7. The van der Waals surface area contributed by atoms with Crippen LogP contribution in [0.2, 0.25) is 0 Å². The van der Waals surface area contributed by atoms with Crippen molar-refractivity contribution in [2.75, 3.05) is 6.61 Å². The molecule has 1 aromatic carbocycles. The van der Waals surface area contributed by atoms with Gasteiger partial charge in [0.15, 0.2) is 0 Å². The van der Waals surface area contributed by atoms with Gasteiger partial charge in [0.25, 0.3) is 0 Å². The number of carboxylic acids is 1. The van der Waals surface area contributed by atoms with Gasteiger partial charge in [-0.15, -0.1) is 0 Å². The molecule has 0 amide bonds. The van der Waals surface area contributed by atoms with E-state index in [4.69, 9.17) is 10.2 Å². The van der Waals surface area contributed by atoms with Crippen LogP contribution in [0.1, 0.15) is 24.0 Å². The van der Waals surface area contributed by atoms with Crippen LogP contribution in [0.15, 0.2) is 24.3 Å². The van der Waals surface area contributed by atoms with Crippen LogP contribution < -0.4 is 0 Å². The Morgan fingerprint density at radius 1 is 1.50 bits per heavy atom. The van der Waals surface area contributed by atoms with Gasteiger partial charge in [-0.1, -0.05) is 24.3 Å². The van der Waals surface area contributed by atoms with Crippen LogP contribution in [0.3, 0.4) is 0 Å². The molecule has 1 unspecified atom stereocenters. The first-order valence-corrected chi connectivity index (χ1v) is 4.57. The molecule has 0 saturated carbocycles. The molecule has 3 nitrogen and oxygen atoms in total. The largest absolute Gasteiger partial charge is 0.481 e. The van der Waals surface area contributed by atoms with E-state index >= 15 is 0 Å². The Morgan fingerprint density at radius 3 is 2.79 bits per heavy atom. The molecule has 0 heterocycles. The minimum Gasteiger partial charge on any atom is -0.481 e. The highest BCUT2D eigenvalue weighted by atomic mass is 16.4. The molecule has 0 aliphatic heterocycles. The van der Waals surface area contributed by atoms with Crippen molar-refractivity contribution in [3.63, 3.8) is 0 Å². The third-order valence-corrected chi connectivity index (χ3v) is 2.22. The summed E-state index contributed by atoms with van der Waals surface area (Å²) in [6.07, 6.45) is 0.570. The molecule has 1 atom stereocenters. The van der Waals surface area contributed by atoms with Gasteiger partial charge >= 0.3 is 5.97 Å². The van der Waals surface area contributed by atoms with Gasteiger partial charge in [-0.25, -0.2) is 0 Å². The standard InChI is InChI=1S/C11H14O3/c1-8(11(13)14)10-4-2-3-9(7-10)5-6-12/h2-4,7-8,12H,5-6H2,1H3,(H,13,14). The monoisotopic (exact) mass is 194 g/mol. The van der Waals surface area contributed by atoms with Gasteiger partial charge in [-0.3, -0.25) is 4.79 Å². The summed E-state index contributed by atoms with van der Waals surface area (Å²) in [4.78, 5) is 10.7. The first-order chi connectivity index (χ1) is 6.65. The summed E-state index contributed by atoms with van der Waals surface area (Å²) in [5.41, 5.74) is 1.75. The van der Waals surface area contributed by atoms with Crippen LogP contribution in [0.4, 0.5) is 0 Å². The maximum Gasteiger partial charge on any atom is 0.310 e. The van der Waals surface area contributed by atoms with E-state index < -0.39 is 11.9 Å². The van der Waals surface area contributed by atoms with Crippen LogP contribution in [-0.2, 0) is 11.2 Å². The maximum absolute atomic E-state index is 10.7. The summed E-state index contributed by atoms with van der Waals surface area (Å²) in [6, 6.07) is 7.32. The third-order valence-electron chi connectivity index (χ3n) is 2.22. The van der Waals surface area contributed by atoms with E-state index in [-0.39, 0.29) is 6.61 Å². The molecule has 1 rings (SSSR count). The summed E-state index contributed by atoms with van der Waals surface area (Å²) in [7, 11) is 0. The Morgan fingerprint density at radius 2 is 2.21 bits per heavy atom. The van der Waals surface area contributed by atoms with E-state index in [0.717, 1.165) is 11.1 Å². The van der Waals surface area contributed by atoms with E-state index in [1.165, 1.54) is 0 Å². The van der Waals surface area contributed by atoms with Crippen molar-refractivity contribution in [2.24, 2.45) is 0 Å². The number of aliphatic hydroxyl groups is 1. The van der Waals surface area contributed by atoms with Gasteiger partial charge in [0.05, 0.1) is 5.92 Å². The summed E-state index contributed by atoms with van der Waals surface area (Å²) >= 11 is 0. The summed E-state index contributed by atoms with van der Waals surface area (Å²) in [5, 5.41) is 17.5. The van der Waals surface area contributed by atoms with Gasteiger partial charge in [0.1, 0.15) is 0 Å². The van der Waals surface area contributed by atoms with Crippen LogP contribution in [0.5, 0.6) is 0 Å². The SMILES string of the molecule is CC(C(=O)O)c1cccc(CCO)c1. The minimum atomic E-state index is -0.828. The van der Waals surface area contributed by atoms with Crippen molar-refractivity contribution in [3.8, 4) is 0 Å². The van der Waals surface area contributed by atoms with E-state index in [0.29, 0.717) is 6.42 Å². The molecule has 0 bridgehead atoms. The zero-order chi connectivity index (χ0) is 10.6. The van der Waals surface area contributed by atoms with Crippen LogP contribution in [0.25, 0.3) is 0 Å². The number of aliphatic hydroxyl groups excluding tert-OH is 1. The lowest BCUT2D eigenvalue weighted by Crippen LogP contribution is -2.07. The smallest absolute Gasteiger partial charge is 0.310 e. The van der Waals surface area contributed by atoms with Gasteiger partial charge in [0.2, 0.25) is 0 Å². The predicted octanol–water partition coefficient (Wildman–Crippen LogP) is 1.41. The number of hydrogen-bond acceptors (Lipinski definition) is 2. The van der Waals surface area contributed by atoms with E-state index in [2.05, 4.69) is 0 Å². The molecule has 0 radical (unpaired) electrons. The Hall–Kier alpha value is -1.35. The number of benzene rings is 1. The fourth-order valence-electron chi connectivity index (χ4n) is 1.29. The summed E-state index contributed by atoms with van der Waals surface area (Å²) in [5.74, 6) is -1.32. The Balaban J connectivity index is 2.87. The number of rotatable bonds is 4. The second kappa shape index (κ2) is 4.77. The first-order valence-electron chi connectivity index (χ1n) is 4.57. The molecular formula is C11H14O3. The van der Waals surface area contributed by atoms with Crippen molar-refractivity contribution >= 4 is 5.97 Å². The Labute approximate surface area is 83.0 Å². The Kier molecular flexibility index (Phi) is 3.65. The van der Waals surface area contributed by atoms with E-state index in [9.17, 15) is 4.79 Å². The minimum absolute atomic E-state index is 0.0882. The van der Waals surface area contributed by atoms with Crippen molar-refractivity contribution in [3.05, 3.63) is 35.4 Å². The molecular weight excluding hydrogens is 180 g/mol. The molecule has 0 aromatic heterocycles. The molecule has 1 aromatic rings. The fraction of sp³-hybridized carbons (Fsp3) is 0.364. The molecule has 0 saturated heterocycles. The van der Waals surface area contributed by atoms with Crippen LogP contribution in [0, 0.1) is 0 Å². The van der Waals surface area contributed by atoms with Gasteiger partial charge in [-0.2, -0.15) is 0 Å². The molecule has 76 valence electrons. The lowest BCUT2D eigenvalue weighted by Gasteiger charge is -2.07. The molecule has 14 heavy (non-hydrogen) atoms. The average Bonchev–Trinajstić information content (AvgIpc) is 2.17. The highest BCUT2D eigenvalue weighted by Crippen LogP contribution is 2.16. The van der Waals surface area contributed by atoms with Crippen molar-refractivity contribution < 1.29 is 15.0 Å². The molecule has 0 aliphatic carbocycles. The van der Waals surface area contributed by atoms with E-state index in [1.54, 1.807) is 13.0 Å². The highest BCUT2D eigenvalue weighted by Gasteiger charge is 2.13.